The third-order valence-corrected chi connectivity index (χ3v) is 8.21. The number of carbonyl (C=O) groups is 5. The van der Waals surface area contributed by atoms with E-state index in [-0.39, 0.29) is 57.1 Å². The number of phenols is 1. The zero-order valence-corrected chi connectivity index (χ0v) is 27.9. The number of aliphatic hydroxyl groups is 1. The third kappa shape index (κ3) is 12.0. The highest BCUT2D eigenvalue weighted by Gasteiger charge is 2.31. The molecule has 1 aliphatic heterocycles. The van der Waals surface area contributed by atoms with Crippen LogP contribution in [0.3, 0.4) is 0 Å². The van der Waals surface area contributed by atoms with E-state index in [4.69, 9.17) is 28.7 Å². The molecule has 50 heavy (non-hydrogen) atoms. The van der Waals surface area contributed by atoms with Crippen molar-refractivity contribution in [2.24, 2.45) is 28.7 Å². The summed E-state index contributed by atoms with van der Waals surface area (Å²) in [5.74, 6) is -3.09. The smallest absolute Gasteiger partial charge is 0.243 e. The molecule has 0 saturated heterocycles. The van der Waals surface area contributed by atoms with E-state index in [0.717, 1.165) is 11.1 Å². The minimum absolute atomic E-state index is 0.0104. The number of fused-ring (bicyclic) bond motifs is 5. The Hall–Kier alpha value is -4.65. The molecule has 0 fully saturated rings. The van der Waals surface area contributed by atoms with Crippen molar-refractivity contribution in [1.82, 2.24) is 26.6 Å². The van der Waals surface area contributed by atoms with Crippen molar-refractivity contribution in [3.05, 3.63) is 53.6 Å². The molecule has 274 valence electrons. The first kappa shape index (κ1) is 39.8. The van der Waals surface area contributed by atoms with E-state index in [2.05, 4.69) is 26.6 Å². The van der Waals surface area contributed by atoms with Gasteiger partial charge in [0, 0.05) is 52.0 Å². The van der Waals surface area contributed by atoms with Gasteiger partial charge in [-0.15, -0.1) is 0 Å². The number of hydrogen-bond acceptors (Lipinski definition) is 12. The molecule has 1 aliphatic rings. The second-order valence-corrected chi connectivity index (χ2v) is 12.3. The van der Waals surface area contributed by atoms with Crippen LogP contribution in [-0.2, 0) is 36.8 Å². The lowest BCUT2D eigenvalue weighted by Gasteiger charge is -2.26. The maximum atomic E-state index is 13.6. The van der Waals surface area contributed by atoms with Gasteiger partial charge in [-0.05, 0) is 47.2 Å². The van der Waals surface area contributed by atoms with Crippen molar-refractivity contribution < 1.29 is 34.2 Å². The second-order valence-electron chi connectivity index (χ2n) is 12.3. The van der Waals surface area contributed by atoms with E-state index in [9.17, 15) is 34.2 Å². The molecule has 0 unspecified atom stereocenters. The molecule has 2 aromatic carbocycles. The van der Waals surface area contributed by atoms with Crippen LogP contribution >= 0.6 is 0 Å². The summed E-state index contributed by atoms with van der Waals surface area (Å²) in [7, 11) is 0. The third-order valence-electron chi connectivity index (χ3n) is 8.21. The summed E-state index contributed by atoms with van der Waals surface area (Å²) in [6.07, 6.45) is -0.736. The number of rotatable bonds is 14. The van der Waals surface area contributed by atoms with Gasteiger partial charge < -0.3 is 65.5 Å². The van der Waals surface area contributed by atoms with Crippen LogP contribution in [0.1, 0.15) is 30.4 Å². The molecule has 5 amide bonds. The van der Waals surface area contributed by atoms with Crippen LogP contribution in [0.25, 0.3) is 11.1 Å². The lowest BCUT2D eigenvalue weighted by molar-refractivity contribution is -0.133. The van der Waals surface area contributed by atoms with Gasteiger partial charge in [-0.25, -0.2) is 0 Å². The minimum Gasteiger partial charge on any atom is -0.508 e. The molecule has 0 saturated carbocycles. The summed E-state index contributed by atoms with van der Waals surface area (Å²) in [5, 5.41) is 33.8. The fourth-order valence-electron chi connectivity index (χ4n) is 5.28. The molecule has 0 spiro atoms. The van der Waals surface area contributed by atoms with Crippen molar-refractivity contribution in [2.45, 2.75) is 68.4 Å². The second kappa shape index (κ2) is 19.5. The first-order chi connectivity index (χ1) is 23.8. The fourth-order valence-corrected chi connectivity index (χ4v) is 5.28. The first-order valence-corrected chi connectivity index (χ1v) is 16.5. The SMILES string of the molecule is NCCNC(=O)[C@@H](N)CCCNC(=O)[C@@H](N)CNC(=O)[C@@H]1Cc2cccc(c2)-c2ccc(O)c(c2)C[C@H](N)C(=O)N[C@@H](C[C@@H](O)CN)C(=O)N1. The van der Waals surface area contributed by atoms with Gasteiger partial charge >= 0.3 is 0 Å². The molecule has 1 heterocycles. The van der Waals surface area contributed by atoms with E-state index in [1.165, 1.54) is 6.07 Å². The van der Waals surface area contributed by atoms with Crippen LogP contribution < -0.4 is 55.3 Å². The molecule has 0 aliphatic carbocycles. The Bertz CT molecular complexity index is 1490. The average Bonchev–Trinajstić information content (AvgIpc) is 3.10. The van der Waals surface area contributed by atoms with E-state index in [0.29, 0.717) is 30.5 Å². The number of amides is 5. The molecule has 3 rings (SSSR count). The Morgan fingerprint density at radius 1 is 0.880 bits per heavy atom. The number of aliphatic hydroxyl groups excluding tert-OH is 1. The zero-order chi connectivity index (χ0) is 36.8. The van der Waals surface area contributed by atoms with Crippen molar-refractivity contribution in [2.75, 3.05) is 32.7 Å². The predicted molar refractivity (Wildman–Crippen MR) is 186 cm³/mol. The van der Waals surface area contributed by atoms with Crippen molar-refractivity contribution in [1.29, 1.82) is 0 Å². The maximum Gasteiger partial charge on any atom is 0.243 e. The highest BCUT2D eigenvalue weighted by Crippen LogP contribution is 2.28. The van der Waals surface area contributed by atoms with Crippen molar-refractivity contribution in [3.8, 4) is 16.9 Å². The number of aromatic hydroxyl groups is 1. The quantitative estimate of drug-likeness (QED) is 0.0838. The average molecular weight is 699 g/mol. The van der Waals surface area contributed by atoms with Gasteiger partial charge in [-0.2, -0.15) is 0 Å². The largest absolute Gasteiger partial charge is 0.508 e. The minimum atomic E-state index is -1.31. The number of phenolic OH excluding ortho intramolecular Hbond substituents is 1. The standard InChI is InChI=1S/C33H50N10O7/c34-8-10-40-29(46)23(36)5-2-9-39-30(47)25(38)17-41-32(49)26-12-18-3-1-4-19(11-18)20-6-7-28(45)21(13-20)14-24(37)31(48)42-27(33(50)43-26)15-22(44)16-35/h1,3-4,6-7,11,13,22-27,44-45H,2,5,8-10,12,14-17,34-38H2,(H,39,47)(H,40,46)(H,41,49)(H,42,48)(H,43,50)/t22-,23+,24+,25+,26+,27+/m1/s1. The Morgan fingerprint density at radius 3 is 2.30 bits per heavy atom. The molecule has 0 radical (unpaired) electrons. The first-order valence-electron chi connectivity index (χ1n) is 16.5. The summed E-state index contributed by atoms with van der Waals surface area (Å²) in [6, 6.07) is 6.57. The van der Waals surface area contributed by atoms with Crippen LogP contribution in [0.5, 0.6) is 5.75 Å². The van der Waals surface area contributed by atoms with Gasteiger partial charge in [0.15, 0.2) is 0 Å². The Morgan fingerprint density at radius 2 is 1.58 bits per heavy atom. The molecular weight excluding hydrogens is 648 g/mol. The highest BCUT2D eigenvalue weighted by atomic mass is 16.3. The number of hydrogen-bond donors (Lipinski definition) is 12. The summed E-state index contributed by atoms with van der Waals surface area (Å²) >= 11 is 0. The number of nitrogens with two attached hydrogens (primary N) is 5. The fraction of sp³-hybridized carbons (Fsp3) is 0.485. The van der Waals surface area contributed by atoms with E-state index >= 15 is 0 Å². The van der Waals surface area contributed by atoms with Gasteiger partial charge in [0.25, 0.3) is 0 Å². The number of benzene rings is 2. The summed E-state index contributed by atoms with van der Waals surface area (Å²) in [4.78, 5) is 64.7. The summed E-state index contributed by atoms with van der Waals surface area (Å²) < 4.78 is 0. The predicted octanol–water partition coefficient (Wildman–Crippen LogP) is -4.09. The van der Waals surface area contributed by atoms with E-state index in [1.54, 1.807) is 24.3 Å². The monoisotopic (exact) mass is 698 g/mol. The Balaban J connectivity index is 1.76. The van der Waals surface area contributed by atoms with Crippen LogP contribution in [0, 0.1) is 0 Å². The summed E-state index contributed by atoms with van der Waals surface area (Å²) in [5.41, 5.74) is 31.6. The van der Waals surface area contributed by atoms with Crippen molar-refractivity contribution >= 4 is 29.5 Å². The lowest BCUT2D eigenvalue weighted by Crippen LogP contribution is -2.58. The molecule has 4 bridgehead atoms. The van der Waals surface area contributed by atoms with E-state index < -0.39 is 59.9 Å². The van der Waals surface area contributed by atoms with Crippen molar-refractivity contribution in [3.63, 3.8) is 0 Å². The Kier molecular flexibility index (Phi) is 15.5. The lowest BCUT2D eigenvalue weighted by atomic mass is 9.96. The zero-order valence-electron chi connectivity index (χ0n) is 27.9. The normalized spacial score (nSPS) is 19.8. The molecule has 17 nitrogen and oxygen atoms in total. The van der Waals surface area contributed by atoms with Crippen LogP contribution in [0.15, 0.2) is 42.5 Å². The van der Waals surface area contributed by atoms with Gasteiger partial charge in [0.2, 0.25) is 29.5 Å². The molecular formula is C33H50N10O7. The van der Waals surface area contributed by atoms with Crippen LogP contribution in [-0.4, -0.2) is 109 Å². The topological polar surface area (TPSA) is 316 Å². The maximum absolute atomic E-state index is 13.6. The van der Waals surface area contributed by atoms with Gasteiger partial charge in [-0.3, -0.25) is 24.0 Å². The molecule has 6 atom stereocenters. The van der Waals surface area contributed by atoms with Gasteiger partial charge in [0.05, 0.1) is 18.2 Å². The highest BCUT2D eigenvalue weighted by molar-refractivity contribution is 5.93. The molecule has 0 aromatic heterocycles. The van der Waals surface area contributed by atoms with Crippen LogP contribution in [0.4, 0.5) is 0 Å². The number of nitrogens with one attached hydrogen (secondary N) is 5. The number of carbonyl (C=O) groups excluding carboxylic acids is 5. The van der Waals surface area contributed by atoms with E-state index in [1.807, 2.05) is 12.1 Å². The summed E-state index contributed by atoms with van der Waals surface area (Å²) in [6.45, 7) is 0.332. The van der Waals surface area contributed by atoms with Crippen LogP contribution in [0.2, 0.25) is 0 Å². The Labute approximate surface area is 290 Å². The molecule has 17 N–H and O–H groups in total. The van der Waals surface area contributed by atoms with Gasteiger partial charge in [-0.1, -0.05) is 30.3 Å². The molecule has 17 heteroatoms. The molecule has 2 aromatic rings. The van der Waals surface area contributed by atoms with Gasteiger partial charge in [0.1, 0.15) is 23.9 Å².